The molecule has 1 saturated heterocycles. The van der Waals surface area contributed by atoms with Gasteiger partial charge in [-0.2, -0.15) is 0 Å². The highest BCUT2D eigenvalue weighted by atomic mass is 79.9. The van der Waals surface area contributed by atoms with E-state index in [1.807, 2.05) is 25.7 Å². The van der Waals surface area contributed by atoms with Crippen molar-refractivity contribution in [1.82, 2.24) is 9.80 Å². The van der Waals surface area contributed by atoms with Gasteiger partial charge >= 0.3 is 6.09 Å². The van der Waals surface area contributed by atoms with E-state index in [1.165, 1.54) is 5.56 Å². The molecule has 1 aliphatic heterocycles. The van der Waals surface area contributed by atoms with Gasteiger partial charge in [-0.3, -0.25) is 4.90 Å². The van der Waals surface area contributed by atoms with Gasteiger partial charge in [0.05, 0.1) is 0 Å². The Balaban J connectivity index is 1.89. The van der Waals surface area contributed by atoms with Gasteiger partial charge in [0.1, 0.15) is 5.60 Å². The molecule has 0 N–H and O–H groups in total. The van der Waals surface area contributed by atoms with E-state index in [1.54, 1.807) is 0 Å². The first kappa shape index (κ1) is 17.3. The van der Waals surface area contributed by atoms with Crippen LogP contribution in [-0.4, -0.2) is 47.2 Å². The molecule has 1 atom stereocenters. The summed E-state index contributed by atoms with van der Waals surface area (Å²) in [7, 11) is 0. The molecule has 1 heterocycles. The van der Waals surface area contributed by atoms with Crippen LogP contribution in [0.2, 0.25) is 0 Å². The normalized spacial score (nSPS) is 20.0. The van der Waals surface area contributed by atoms with Gasteiger partial charge in [-0.25, -0.2) is 4.79 Å². The van der Waals surface area contributed by atoms with E-state index in [4.69, 9.17) is 4.74 Å². The van der Waals surface area contributed by atoms with E-state index in [9.17, 15) is 4.79 Å². The zero-order valence-electron chi connectivity index (χ0n) is 13.8. The maximum absolute atomic E-state index is 12.2. The smallest absolute Gasteiger partial charge is 0.410 e. The summed E-state index contributed by atoms with van der Waals surface area (Å²) < 4.78 is 6.57. The fourth-order valence-electron chi connectivity index (χ4n) is 2.62. The van der Waals surface area contributed by atoms with Crippen LogP contribution >= 0.6 is 15.9 Å². The topological polar surface area (TPSA) is 32.8 Å². The van der Waals surface area contributed by atoms with E-state index >= 15 is 0 Å². The summed E-state index contributed by atoms with van der Waals surface area (Å²) >= 11 is 3.46. The minimum atomic E-state index is -0.439. The second-order valence-corrected chi connectivity index (χ2v) is 7.80. The Bertz CT molecular complexity index is 510. The number of rotatable bonds is 2. The number of benzene rings is 1. The maximum Gasteiger partial charge on any atom is 0.410 e. The van der Waals surface area contributed by atoms with Crippen LogP contribution in [0.1, 0.15) is 33.3 Å². The fourth-order valence-corrected chi connectivity index (χ4v) is 2.88. The molecule has 0 spiro atoms. The van der Waals surface area contributed by atoms with Crippen LogP contribution in [0.25, 0.3) is 0 Å². The Labute approximate surface area is 141 Å². The van der Waals surface area contributed by atoms with E-state index in [2.05, 4.69) is 52.0 Å². The number of carbonyl (C=O) groups is 1. The summed E-state index contributed by atoms with van der Waals surface area (Å²) in [6.45, 7) is 11.2. The van der Waals surface area contributed by atoms with Gasteiger partial charge in [0, 0.05) is 36.7 Å². The van der Waals surface area contributed by atoms with E-state index in [-0.39, 0.29) is 12.1 Å². The van der Waals surface area contributed by atoms with Crippen molar-refractivity contribution in [2.24, 2.45) is 0 Å². The summed E-state index contributed by atoms with van der Waals surface area (Å²) in [5.41, 5.74) is 0.854. The van der Waals surface area contributed by atoms with Crippen molar-refractivity contribution >= 4 is 22.0 Å². The summed E-state index contributed by atoms with van der Waals surface area (Å²) in [6.07, 6.45) is -0.205. The molecule has 4 nitrogen and oxygen atoms in total. The number of carbonyl (C=O) groups excluding carboxylic acids is 1. The molecule has 0 saturated carbocycles. The van der Waals surface area contributed by atoms with Crippen molar-refractivity contribution in [3.8, 4) is 0 Å². The minimum absolute atomic E-state index is 0.166. The number of piperazine rings is 1. The third-order valence-electron chi connectivity index (χ3n) is 3.66. The zero-order chi connectivity index (χ0) is 16.3. The van der Waals surface area contributed by atoms with Crippen molar-refractivity contribution in [3.63, 3.8) is 0 Å². The van der Waals surface area contributed by atoms with Gasteiger partial charge in [0.2, 0.25) is 0 Å². The Morgan fingerprint density at radius 2 is 1.91 bits per heavy atom. The minimum Gasteiger partial charge on any atom is -0.444 e. The quantitative estimate of drug-likeness (QED) is 0.793. The van der Waals surface area contributed by atoms with Gasteiger partial charge in [-0.05, 0) is 45.4 Å². The van der Waals surface area contributed by atoms with E-state index in [0.717, 1.165) is 24.1 Å². The molecule has 1 aromatic carbocycles. The first-order valence-electron chi connectivity index (χ1n) is 7.71. The molecule has 0 aliphatic carbocycles. The number of hydrogen-bond acceptors (Lipinski definition) is 3. The third kappa shape index (κ3) is 4.99. The molecule has 1 aromatic rings. The molecule has 22 heavy (non-hydrogen) atoms. The lowest BCUT2D eigenvalue weighted by Gasteiger charge is -2.40. The van der Waals surface area contributed by atoms with Crippen molar-refractivity contribution in [2.45, 2.75) is 45.9 Å². The molecule has 5 heteroatoms. The molecule has 122 valence electrons. The molecule has 0 aromatic heterocycles. The monoisotopic (exact) mass is 368 g/mol. The number of nitrogens with zero attached hydrogens (tertiary/aromatic N) is 2. The Kier molecular flexibility index (Phi) is 5.50. The first-order valence-corrected chi connectivity index (χ1v) is 8.50. The van der Waals surface area contributed by atoms with Crippen LogP contribution in [0.5, 0.6) is 0 Å². The van der Waals surface area contributed by atoms with Crippen molar-refractivity contribution in [1.29, 1.82) is 0 Å². The molecule has 0 radical (unpaired) electrons. The second kappa shape index (κ2) is 7.01. The van der Waals surface area contributed by atoms with Crippen molar-refractivity contribution in [2.75, 3.05) is 19.6 Å². The Hall–Kier alpha value is -1.07. The number of hydrogen-bond donors (Lipinski definition) is 0. The fraction of sp³-hybridized carbons (Fsp3) is 0.588. The largest absolute Gasteiger partial charge is 0.444 e. The summed E-state index contributed by atoms with van der Waals surface area (Å²) in [5.74, 6) is 0. The lowest BCUT2D eigenvalue weighted by atomic mass is 10.1. The molecule has 1 amide bonds. The van der Waals surface area contributed by atoms with Crippen LogP contribution < -0.4 is 0 Å². The first-order chi connectivity index (χ1) is 10.2. The molecule has 0 bridgehead atoms. The predicted molar refractivity (Wildman–Crippen MR) is 91.8 cm³/mol. The van der Waals surface area contributed by atoms with Crippen LogP contribution in [0.4, 0.5) is 4.79 Å². The third-order valence-corrected chi connectivity index (χ3v) is 4.19. The molecule has 1 fully saturated rings. The van der Waals surface area contributed by atoms with Crippen molar-refractivity contribution < 1.29 is 9.53 Å². The van der Waals surface area contributed by atoms with Crippen LogP contribution in [0, 0.1) is 0 Å². The van der Waals surface area contributed by atoms with E-state index in [0.29, 0.717) is 6.54 Å². The average Bonchev–Trinajstić information content (AvgIpc) is 2.39. The number of ether oxygens (including phenoxy) is 1. The maximum atomic E-state index is 12.2. The number of amides is 1. The van der Waals surface area contributed by atoms with Gasteiger partial charge in [0.15, 0.2) is 0 Å². The Morgan fingerprint density at radius 1 is 1.27 bits per heavy atom. The molecule has 1 aliphatic rings. The number of halogens is 1. The Morgan fingerprint density at radius 3 is 2.45 bits per heavy atom. The van der Waals surface area contributed by atoms with Crippen LogP contribution in [0.15, 0.2) is 28.7 Å². The predicted octanol–water partition coefficient (Wildman–Crippen LogP) is 3.89. The highest BCUT2D eigenvalue weighted by molar-refractivity contribution is 9.10. The van der Waals surface area contributed by atoms with Gasteiger partial charge in [-0.1, -0.05) is 28.1 Å². The molecular weight excluding hydrogens is 344 g/mol. The highest BCUT2D eigenvalue weighted by Gasteiger charge is 2.30. The van der Waals surface area contributed by atoms with Gasteiger partial charge < -0.3 is 9.64 Å². The van der Waals surface area contributed by atoms with Crippen molar-refractivity contribution in [3.05, 3.63) is 34.3 Å². The zero-order valence-corrected chi connectivity index (χ0v) is 15.4. The SMILES string of the molecule is CC1CN(Cc2ccc(Br)cc2)CCN1C(=O)OC(C)(C)C. The summed E-state index contributed by atoms with van der Waals surface area (Å²) in [6, 6.07) is 8.56. The standard InChI is InChI=1S/C17H25BrN2O2/c1-13-11-19(12-14-5-7-15(18)8-6-14)9-10-20(13)16(21)22-17(2,3)4/h5-8,13H,9-12H2,1-4H3. The molecular formula is C17H25BrN2O2. The highest BCUT2D eigenvalue weighted by Crippen LogP contribution is 2.18. The lowest BCUT2D eigenvalue weighted by Crippen LogP contribution is -2.54. The van der Waals surface area contributed by atoms with Crippen LogP contribution in [0.3, 0.4) is 0 Å². The van der Waals surface area contributed by atoms with E-state index < -0.39 is 5.60 Å². The van der Waals surface area contributed by atoms with Gasteiger partial charge in [-0.15, -0.1) is 0 Å². The summed E-state index contributed by atoms with van der Waals surface area (Å²) in [4.78, 5) is 16.4. The van der Waals surface area contributed by atoms with Crippen LogP contribution in [-0.2, 0) is 11.3 Å². The molecule has 1 unspecified atom stereocenters. The second-order valence-electron chi connectivity index (χ2n) is 6.88. The lowest BCUT2D eigenvalue weighted by molar-refractivity contribution is 0.000563. The van der Waals surface area contributed by atoms with Gasteiger partial charge in [0.25, 0.3) is 0 Å². The molecule has 2 rings (SSSR count). The summed E-state index contributed by atoms with van der Waals surface area (Å²) in [5, 5.41) is 0. The average molecular weight is 369 g/mol.